The van der Waals surface area contributed by atoms with Crippen molar-refractivity contribution in [2.45, 2.75) is 182 Å². The number of carbonyl (C=O) groups excluding carboxylic acids is 1. The quantitative estimate of drug-likeness (QED) is 0.120. The van der Waals surface area contributed by atoms with Gasteiger partial charge in [0.15, 0.2) is 0 Å². The second-order valence-corrected chi connectivity index (χ2v) is 14.3. The molecule has 0 spiro atoms. The lowest BCUT2D eigenvalue weighted by Crippen LogP contribution is -2.22. The molecule has 0 aromatic heterocycles. The van der Waals surface area contributed by atoms with E-state index in [0.717, 1.165) is 36.0 Å². The van der Waals surface area contributed by atoms with E-state index in [1.165, 1.54) is 89.9 Å². The lowest BCUT2D eigenvalue weighted by atomic mass is 9.77. The number of esters is 1. The fraction of sp³-hybridized carbons (Fsp3) is 0.811. The van der Waals surface area contributed by atoms with E-state index >= 15 is 0 Å². The van der Waals surface area contributed by atoms with Gasteiger partial charge in [0.25, 0.3) is 0 Å². The molecule has 1 N–H and O–H groups in total. The fourth-order valence-corrected chi connectivity index (χ4v) is 5.58. The van der Waals surface area contributed by atoms with Crippen molar-refractivity contribution in [1.82, 2.24) is 0 Å². The molecule has 1 aromatic rings. The first kappa shape index (κ1) is 36.5. The lowest BCUT2D eigenvalue weighted by Gasteiger charge is -2.28. The van der Waals surface area contributed by atoms with E-state index in [4.69, 9.17) is 4.74 Å². The number of benzene rings is 1. The molecule has 0 fully saturated rings. The van der Waals surface area contributed by atoms with Gasteiger partial charge >= 0.3 is 5.97 Å². The number of phenolic OH excluding ortho intramolecular Hbond substituents is 1. The number of unbranched alkanes of at least 4 members (excludes halogenated alkanes) is 15. The Morgan fingerprint density at radius 1 is 0.675 bits per heavy atom. The summed E-state index contributed by atoms with van der Waals surface area (Å²) in [6.07, 6.45) is 22.9. The molecule has 1 rings (SSSR count). The molecule has 0 aliphatic carbocycles. The van der Waals surface area contributed by atoms with Crippen molar-refractivity contribution in [3.63, 3.8) is 0 Å². The van der Waals surface area contributed by atoms with Crippen LogP contribution in [0, 0.1) is 5.92 Å². The summed E-state index contributed by atoms with van der Waals surface area (Å²) in [7, 11) is 0. The molecule has 0 radical (unpaired) electrons. The largest absolute Gasteiger partial charge is 0.507 e. The van der Waals surface area contributed by atoms with Crippen LogP contribution in [0.3, 0.4) is 0 Å². The first-order valence-electron chi connectivity index (χ1n) is 16.9. The Labute approximate surface area is 249 Å². The minimum Gasteiger partial charge on any atom is -0.507 e. The highest BCUT2D eigenvalue weighted by Gasteiger charge is 2.28. The zero-order valence-corrected chi connectivity index (χ0v) is 27.9. The Bertz CT molecular complexity index is 777. The molecule has 3 nitrogen and oxygen atoms in total. The minimum absolute atomic E-state index is 0.0776. The van der Waals surface area contributed by atoms with Crippen LogP contribution in [0.5, 0.6) is 5.75 Å². The van der Waals surface area contributed by atoms with Crippen molar-refractivity contribution in [2.24, 2.45) is 5.92 Å². The number of carbonyl (C=O) groups is 1. The van der Waals surface area contributed by atoms with Crippen LogP contribution in [0.4, 0.5) is 0 Å². The number of ether oxygens (including phenoxy) is 1. The normalized spacial score (nSPS) is 13.0. The van der Waals surface area contributed by atoms with Crippen molar-refractivity contribution in [1.29, 1.82) is 0 Å². The molecule has 3 heteroatoms. The maximum Gasteiger partial charge on any atom is 0.309 e. The third kappa shape index (κ3) is 14.9. The summed E-state index contributed by atoms with van der Waals surface area (Å²) in [6.45, 7) is 17.6. The molecule has 1 atom stereocenters. The van der Waals surface area contributed by atoms with E-state index in [1.54, 1.807) is 0 Å². The second kappa shape index (κ2) is 19.6. The molecule has 40 heavy (non-hydrogen) atoms. The van der Waals surface area contributed by atoms with E-state index in [0.29, 0.717) is 18.8 Å². The summed E-state index contributed by atoms with van der Waals surface area (Å²) in [5.74, 6) is 0.167. The Balaban J connectivity index is 2.28. The summed E-state index contributed by atoms with van der Waals surface area (Å²) in [4.78, 5) is 12.9. The van der Waals surface area contributed by atoms with E-state index in [1.807, 2.05) is 0 Å². The molecular weight excluding hydrogens is 492 g/mol. The van der Waals surface area contributed by atoms with Gasteiger partial charge in [0.05, 0.1) is 12.5 Å². The van der Waals surface area contributed by atoms with Crippen molar-refractivity contribution in [2.75, 3.05) is 6.61 Å². The fourth-order valence-electron chi connectivity index (χ4n) is 5.58. The maximum atomic E-state index is 12.9. The SMILES string of the molecule is CCCCCCCCCCCCCCCCCCOC(=O)C(CC)Cc1cc(C(C)(C)C)c(O)c(C(C)(C)C)c1. The number of hydrogen-bond donors (Lipinski definition) is 1. The molecule has 0 bridgehead atoms. The predicted octanol–water partition coefficient (Wildman–Crippen LogP) is 11.4. The third-order valence-electron chi connectivity index (χ3n) is 8.34. The molecule has 0 amide bonds. The van der Waals surface area contributed by atoms with Crippen LogP contribution in [-0.4, -0.2) is 17.7 Å². The standard InChI is InChI=1S/C37H66O3/c1-9-11-12-13-14-15-16-17-18-19-20-21-22-23-24-25-26-40-35(39)31(10-2)27-30-28-32(36(3,4)5)34(38)33(29-30)37(6,7)8/h28-29,31,38H,9-27H2,1-8H3. The van der Waals surface area contributed by atoms with Gasteiger partial charge in [-0.2, -0.15) is 0 Å². The maximum absolute atomic E-state index is 12.9. The zero-order valence-electron chi connectivity index (χ0n) is 27.9. The van der Waals surface area contributed by atoms with Crippen molar-refractivity contribution in [3.05, 3.63) is 28.8 Å². The van der Waals surface area contributed by atoms with Crippen molar-refractivity contribution < 1.29 is 14.6 Å². The Hall–Kier alpha value is -1.51. The van der Waals surface area contributed by atoms with Crippen molar-refractivity contribution >= 4 is 5.97 Å². The molecule has 232 valence electrons. The van der Waals surface area contributed by atoms with Gasteiger partial charge in [0, 0.05) is 0 Å². The predicted molar refractivity (Wildman–Crippen MR) is 173 cm³/mol. The summed E-state index contributed by atoms with van der Waals surface area (Å²) >= 11 is 0. The summed E-state index contributed by atoms with van der Waals surface area (Å²) in [5.41, 5.74) is 2.67. The van der Waals surface area contributed by atoms with E-state index < -0.39 is 0 Å². The topological polar surface area (TPSA) is 46.5 Å². The van der Waals surface area contributed by atoms with Crippen molar-refractivity contribution in [3.8, 4) is 5.75 Å². The summed E-state index contributed by atoms with van der Waals surface area (Å²) in [6, 6.07) is 4.19. The highest BCUT2D eigenvalue weighted by atomic mass is 16.5. The Morgan fingerprint density at radius 2 is 1.05 bits per heavy atom. The molecule has 1 unspecified atom stereocenters. The van der Waals surface area contributed by atoms with Gasteiger partial charge in [-0.3, -0.25) is 4.79 Å². The van der Waals surface area contributed by atoms with Gasteiger partial charge in [-0.15, -0.1) is 0 Å². The van der Waals surface area contributed by atoms with Gasteiger partial charge in [-0.05, 0) is 46.8 Å². The Kier molecular flexibility index (Phi) is 17.9. The van der Waals surface area contributed by atoms with Crippen LogP contribution in [0.2, 0.25) is 0 Å². The number of aromatic hydroxyl groups is 1. The molecule has 0 aliphatic heterocycles. The molecule has 0 saturated heterocycles. The van der Waals surface area contributed by atoms with Gasteiger partial charge in [-0.25, -0.2) is 0 Å². The van der Waals surface area contributed by atoms with Crippen LogP contribution >= 0.6 is 0 Å². The van der Waals surface area contributed by atoms with E-state index in [9.17, 15) is 9.90 Å². The first-order chi connectivity index (χ1) is 18.9. The third-order valence-corrected chi connectivity index (χ3v) is 8.34. The first-order valence-corrected chi connectivity index (χ1v) is 16.9. The zero-order chi connectivity index (χ0) is 30.0. The highest BCUT2D eigenvalue weighted by Crippen LogP contribution is 2.40. The van der Waals surface area contributed by atoms with Crippen LogP contribution in [0.15, 0.2) is 12.1 Å². The molecule has 0 saturated carbocycles. The molecule has 1 aromatic carbocycles. The van der Waals surface area contributed by atoms with Gasteiger partial charge in [0.1, 0.15) is 5.75 Å². The molecule has 0 heterocycles. The van der Waals surface area contributed by atoms with Gasteiger partial charge < -0.3 is 9.84 Å². The summed E-state index contributed by atoms with van der Waals surface area (Å²) < 4.78 is 5.72. The molecular formula is C37H66O3. The second-order valence-electron chi connectivity index (χ2n) is 14.3. The average Bonchev–Trinajstić information content (AvgIpc) is 2.88. The van der Waals surface area contributed by atoms with Crippen LogP contribution in [0.25, 0.3) is 0 Å². The van der Waals surface area contributed by atoms with E-state index in [2.05, 4.69) is 67.5 Å². The highest BCUT2D eigenvalue weighted by molar-refractivity contribution is 5.72. The monoisotopic (exact) mass is 559 g/mol. The van der Waals surface area contributed by atoms with Crippen LogP contribution in [-0.2, 0) is 26.8 Å². The smallest absolute Gasteiger partial charge is 0.309 e. The van der Waals surface area contributed by atoms with Crippen LogP contribution in [0.1, 0.15) is 181 Å². The minimum atomic E-state index is -0.171. The Morgan fingerprint density at radius 3 is 1.40 bits per heavy atom. The number of rotatable bonds is 21. The average molecular weight is 559 g/mol. The lowest BCUT2D eigenvalue weighted by molar-refractivity contribution is -0.148. The number of phenols is 1. The number of hydrogen-bond acceptors (Lipinski definition) is 3. The van der Waals surface area contributed by atoms with Gasteiger partial charge in [0.2, 0.25) is 0 Å². The summed E-state index contributed by atoms with van der Waals surface area (Å²) in [5, 5.41) is 11.0. The van der Waals surface area contributed by atoms with E-state index in [-0.39, 0.29) is 22.7 Å². The van der Waals surface area contributed by atoms with Crippen LogP contribution < -0.4 is 0 Å². The van der Waals surface area contributed by atoms with Gasteiger partial charge in [-0.1, -0.05) is 164 Å². The molecule has 0 aliphatic rings.